The number of aromatic nitrogens is 3. The van der Waals surface area contributed by atoms with E-state index in [1.54, 1.807) is 11.0 Å². The van der Waals surface area contributed by atoms with Crippen LogP contribution in [0.5, 0.6) is 0 Å². The highest BCUT2D eigenvalue weighted by atomic mass is 16.2. The van der Waals surface area contributed by atoms with Crippen molar-refractivity contribution in [3.05, 3.63) is 48.0 Å². The topological polar surface area (TPSA) is 63.1 Å². The molecule has 6 nitrogen and oxygen atoms in total. The van der Waals surface area contributed by atoms with Crippen molar-refractivity contribution in [3.63, 3.8) is 0 Å². The third-order valence-corrected chi connectivity index (χ3v) is 4.89. The minimum Gasteiger partial charge on any atom is -0.334 e. The first-order chi connectivity index (χ1) is 12.3. The molecule has 3 rings (SSSR count). The van der Waals surface area contributed by atoms with Gasteiger partial charge in [0.05, 0.1) is 6.54 Å². The largest absolute Gasteiger partial charge is 0.334 e. The van der Waals surface area contributed by atoms with Crippen LogP contribution in [0, 0.1) is 0 Å². The minimum atomic E-state index is 0.0566. The first kappa shape index (κ1) is 17.5. The number of carbonyl (C=O) groups is 1. The van der Waals surface area contributed by atoms with Crippen LogP contribution < -0.4 is 5.32 Å². The lowest BCUT2D eigenvalue weighted by Gasteiger charge is -2.33. The summed E-state index contributed by atoms with van der Waals surface area (Å²) in [5.41, 5.74) is 2.27. The van der Waals surface area contributed by atoms with Gasteiger partial charge in [0.15, 0.2) is 0 Å². The number of nitrogens with one attached hydrogen (secondary N) is 1. The van der Waals surface area contributed by atoms with E-state index >= 15 is 0 Å². The molecule has 25 heavy (non-hydrogen) atoms. The molecule has 1 aromatic carbocycles. The Balaban J connectivity index is 1.50. The quantitative estimate of drug-likeness (QED) is 0.877. The number of amides is 2. The smallest absolute Gasteiger partial charge is 0.317 e. The van der Waals surface area contributed by atoms with Gasteiger partial charge in [-0.25, -0.2) is 14.5 Å². The van der Waals surface area contributed by atoms with Gasteiger partial charge >= 0.3 is 6.03 Å². The third-order valence-electron chi connectivity index (χ3n) is 4.89. The number of hydrogen-bond donors (Lipinski definition) is 1. The molecule has 0 aliphatic heterocycles. The van der Waals surface area contributed by atoms with Gasteiger partial charge in [-0.05, 0) is 30.9 Å². The number of urea groups is 1. The Morgan fingerprint density at radius 1 is 1.20 bits per heavy atom. The van der Waals surface area contributed by atoms with Crippen LogP contribution in [-0.2, 0) is 13.1 Å². The maximum absolute atomic E-state index is 12.5. The maximum atomic E-state index is 12.5. The minimum absolute atomic E-state index is 0.0566. The molecule has 2 aromatic rings. The van der Waals surface area contributed by atoms with E-state index in [9.17, 15) is 4.79 Å². The fourth-order valence-corrected chi connectivity index (χ4v) is 3.50. The van der Waals surface area contributed by atoms with Crippen molar-refractivity contribution in [2.45, 2.75) is 58.2 Å². The number of nitrogens with zero attached hydrogens (tertiary/aromatic N) is 4. The Labute approximate surface area is 149 Å². The van der Waals surface area contributed by atoms with E-state index in [4.69, 9.17) is 0 Å². The molecule has 2 amide bonds. The van der Waals surface area contributed by atoms with Crippen molar-refractivity contribution >= 4 is 6.03 Å². The summed E-state index contributed by atoms with van der Waals surface area (Å²) in [7, 11) is 0. The number of carbonyl (C=O) groups excluding carboxylic acids is 1. The first-order valence-corrected chi connectivity index (χ1v) is 9.21. The molecule has 6 heteroatoms. The molecule has 1 N–H and O–H groups in total. The van der Waals surface area contributed by atoms with Gasteiger partial charge in [0.25, 0.3) is 0 Å². The van der Waals surface area contributed by atoms with Gasteiger partial charge in [0.1, 0.15) is 12.7 Å². The van der Waals surface area contributed by atoms with Crippen LogP contribution in [-0.4, -0.2) is 38.3 Å². The number of rotatable bonds is 6. The summed E-state index contributed by atoms with van der Waals surface area (Å²) in [6, 6.07) is 8.72. The number of benzene rings is 1. The summed E-state index contributed by atoms with van der Waals surface area (Å²) in [6.45, 7) is 4.10. The summed E-state index contributed by atoms with van der Waals surface area (Å²) in [6.07, 6.45) is 9.30. The van der Waals surface area contributed by atoms with E-state index in [1.165, 1.54) is 25.6 Å². The summed E-state index contributed by atoms with van der Waals surface area (Å²) < 4.78 is 1.79. The van der Waals surface area contributed by atoms with E-state index in [-0.39, 0.29) is 6.03 Å². The molecule has 0 radical (unpaired) electrons. The van der Waals surface area contributed by atoms with Crippen molar-refractivity contribution in [1.82, 2.24) is 25.0 Å². The van der Waals surface area contributed by atoms with E-state index in [1.807, 2.05) is 4.90 Å². The fraction of sp³-hybridized carbons (Fsp3) is 0.526. The molecule has 134 valence electrons. The van der Waals surface area contributed by atoms with Gasteiger partial charge in [-0.3, -0.25) is 0 Å². The monoisotopic (exact) mass is 341 g/mol. The van der Waals surface area contributed by atoms with Crippen molar-refractivity contribution in [2.24, 2.45) is 0 Å². The maximum Gasteiger partial charge on any atom is 0.317 e. The van der Waals surface area contributed by atoms with Gasteiger partial charge in [-0.15, -0.1) is 0 Å². The van der Waals surface area contributed by atoms with Crippen LogP contribution in [0.2, 0.25) is 0 Å². The van der Waals surface area contributed by atoms with E-state index in [0.29, 0.717) is 19.1 Å². The Hall–Kier alpha value is -2.37. The summed E-state index contributed by atoms with van der Waals surface area (Å²) in [4.78, 5) is 18.5. The molecule has 0 unspecified atom stereocenters. The van der Waals surface area contributed by atoms with Crippen LogP contribution in [0.1, 0.15) is 50.2 Å². The lowest BCUT2D eigenvalue weighted by molar-refractivity contribution is 0.159. The molecule has 1 heterocycles. The van der Waals surface area contributed by atoms with Gasteiger partial charge < -0.3 is 10.2 Å². The molecule has 1 aromatic heterocycles. The van der Waals surface area contributed by atoms with E-state index < -0.39 is 0 Å². The van der Waals surface area contributed by atoms with Crippen molar-refractivity contribution in [3.8, 4) is 0 Å². The van der Waals surface area contributed by atoms with Gasteiger partial charge in [0, 0.05) is 19.1 Å². The first-order valence-electron chi connectivity index (χ1n) is 9.21. The van der Waals surface area contributed by atoms with Crippen LogP contribution in [0.25, 0.3) is 0 Å². The van der Waals surface area contributed by atoms with Crippen LogP contribution in [0.3, 0.4) is 0 Å². The summed E-state index contributed by atoms with van der Waals surface area (Å²) in [5, 5.41) is 7.18. The Morgan fingerprint density at radius 3 is 2.56 bits per heavy atom. The average molecular weight is 341 g/mol. The molecule has 1 aliphatic carbocycles. The Bertz CT molecular complexity index is 647. The van der Waals surface area contributed by atoms with Crippen molar-refractivity contribution in [1.29, 1.82) is 0 Å². The second-order valence-electron chi connectivity index (χ2n) is 6.65. The predicted molar refractivity (Wildman–Crippen MR) is 97.1 cm³/mol. The zero-order valence-electron chi connectivity index (χ0n) is 14.9. The van der Waals surface area contributed by atoms with E-state index in [2.05, 4.69) is 46.6 Å². The van der Waals surface area contributed by atoms with Crippen molar-refractivity contribution < 1.29 is 4.79 Å². The highest BCUT2D eigenvalue weighted by molar-refractivity contribution is 5.74. The lowest BCUT2D eigenvalue weighted by Crippen LogP contribution is -2.46. The second-order valence-corrected chi connectivity index (χ2v) is 6.65. The Kier molecular flexibility index (Phi) is 6.04. The van der Waals surface area contributed by atoms with Crippen LogP contribution >= 0.6 is 0 Å². The second kappa shape index (κ2) is 8.65. The number of hydrogen-bond acceptors (Lipinski definition) is 3. The normalized spacial score (nSPS) is 15.1. The molecule has 0 saturated heterocycles. The van der Waals surface area contributed by atoms with Gasteiger partial charge in [0.2, 0.25) is 0 Å². The molecule has 0 spiro atoms. The zero-order chi connectivity index (χ0) is 17.5. The molecule has 0 bridgehead atoms. The molecule has 0 atom stereocenters. The Morgan fingerprint density at radius 2 is 1.92 bits per heavy atom. The summed E-state index contributed by atoms with van der Waals surface area (Å²) >= 11 is 0. The van der Waals surface area contributed by atoms with Gasteiger partial charge in [-0.2, -0.15) is 5.10 Å². The molecule has 1 fully saturated rings. The SMILES string of the molecule is CCN(C(=O)NCc1ccc(Cn2cncn2)cc1)C1CCCCC1. The molecular formula is C19H27N5O. The van der Waals surface area contributed by atoms with Crippen LogP contribution in [0.4, 0.5) is 4.79 Å². The highest BCUT2D eigenvalue weighted by Crippen LogP contribution is 2.22. The van der Waals surface area contributed by atoms with Crippen LogP contribution in [0.15, 0.2) is 36.9 Å². The molecular weight excluding hydrogens is 314 g/mol. The molecule has 1 aliphatic rings. The lowest BCUT2D eigenvalue weighted by atomic mass is 9.94. The third kappa shape index (κ3) is 4.81. The summed E-state index contributed by atoms with van der Waals surface area (Å²) in [5.74, 6) is 0. The standard InChI is InChI=1S/C19H27N5O/c1-2-24(18-6-4-3-5-7-18)19(25)21-12-16-8-10-17(11-9-16)13-23-15-20-14-22-23/h8-11,14-15,18H,2-7,12-13H2,1H3,(H,21,25). The van der Waals surface area contributed by atoms with E-state index in [0.717, 1.165) is 30.5 Å². The van der Waals surface area contributed by atoms with Gasteiger partial charge in [-0.1, -0.05) is 43.5 Å². The molecule has 1 saturated carbocycles. The average Bonchev–Trinajstić information content (AvgIpc) is 3.16. The highest BCUT2D eigenvalue weighted by Gasteiger charge is 2.23. The van der Waals surface area contributed by atoms with Crippen molar-refractivity contribution in [2.75, 3.05) is 6.54 Å². The predicted octanol–water partition coefficient (Wildman–Crippen LogP) is 3.19. The fourth-order valence-electron chi connectivity index (χ4n) is 3.50. The zero-order valence-corrected chi connectivity index (χ0v) is 14.9.